The molecular weight excluding hydrogens is 162 g/mol. The first-order valence-electron chi connectivity index (χ1n) is 3.76. The van der Waals surface area contributed by atoms with E-state index in [1.165, 1.54) is 32.5 Å². The molecular formula is C6H16N2P2. The van der Waals surface area contributed by atoms with Gasteiger partial charge in [-0.05, 0) is 31.8 Å². The van der Waals surface area contributed by atoms with Gasteiger partial charge in [0.25, 0.3) is 0 Å². The molecule has 0 saturated carbocycles. The van der Waals surface area contributed by atoms with E-state index in [0.717, 1.165) is 5.92 Å². The summed E-state index contributed by atoms with van der Waals surface area (Å²) in [5, 5.41) is 3.36. The van der Waals surface area contributed by atoms with E-state index in [1.807, 2.05) is 0 Å². The van der Waals surface area contributed by atoms with E-state index in [1.54, 1.807) is 0 Å². The van der Waals surface area contributed by atoms with Crippen molar-refractivity contribution in [2.75, 3.05) is 19.6 Å². The van der Waals surface area contributed by atoms with Crippen LogP contribution in [0.4, 0.5) is 0 Å². The maximum atomic E-state index is 3.36. The van der Waals surface area contributed by atoms with Crippen molar-refractivity contribution in [3.63, 3.8) is 0 Å². The first-order chi connectivity index (χ1) is 4.79. The van der Waals surface area contributed by atoms with Crippen molar-refractivity contribution in [2.45, 2.75) is 12.8 Å². The van der Waals surface area contributed by atoms with E-state index in [0.29, 0.717) is 0 Å². The maximum Gasteiger partial charge on any atom is 0.00801 e. The minimum atomic E-state index is 0.899. The van der Waals surface area contributed by atoms with Crippen molar-refractivity contribution >= 4 is 18.8 Å². The van der Waals surface area contributed by atoms with Crippen LogP contribution in [0.15, 0.2) is 0 Å². The third-order valence-corrected chi connectivity index (χ3v) is 2.35. The zero-order valence-corrected chi connectivity index (χ0v) is 8.52. The molecule has 0 radical (unpaired) electrons. The molecule has 2 atom stereocenters. The molecule has 0 aliphatic carbocycles. The monoisotopic (exact) mass is 178 g/mol. The van der Waals surface area contributed by atoms with Crippen molar-refractivity contribution in [1.29, 1.82) is 0 Å². The number of hydrogen-bond acceptors (Lipinski definition) is 2. The summed E-state index contributed by atoms with van der Waals surface area (Å²) < 4.78 is 2.12. The fourth-order valence-electron chi connectivity index (χ4n) is 1.36. The molecule has 1 aliphatic heterocycles. The second kappa shape index (κ2) is 4.62. The molecule has 0 amide bonds. The molecule has 4 heteroatoms. The Morgan fingerprint density at radius 2 is 1.90 bits per heavy atom. The van der Waals surface area contributed by atoms with Crippen LogP contribution < -0.4 is 5.32 Å². The molecule has 1 rings (SSSR count). The smallest absolute Gasteiger partial charge is 0.00801 e. The van der Waals surface area contributed by atoms with E-state index >= 15 is 0 Å². The molecule has 0 spiro atoms. The predicted octanol–water partition coefficient (Wildman–Crippen LogP) is 0.868. The van der Waals surface area contributed by atoms with Gasteiger partial charge < -0.3 is 5.32 Å². The minimum absolute atomic E-state index is 0.899. The average molecular weight is 178 g/mol. The summed E-state index contributed by atoms with van der Waals surface area (Å²) in [4.78, 5) is 0. The number of piperidine rings is 1. The van der Waals surface area contributed by atoms with Crippen LogP contribution in [0.3, 0.4) is 0 Å². The van der Waals surface area contributed by atoms with Crippen molar-refractivity contribution < 1.29 is 0 Å². The molecule has 2 unspecified atom stereocenters. The van der Waals surface area contributed by atoms with Gasteiger partial charge in [0.15, 0.2) is 0 Å². The lowest BCUT2D eigenvalue weighted by atomic mass is 9.99. The highest BCUT2D eigenvalue weighted by Gasteiger charge is 2.12. The zero-order valence-electron chi connectivity index (χ0n) is 6.21. The normalized spacial score (nSPS) is 21.9. The van der Waals surface area contributed by atoms with Crippen molar-refractivity contribution in [3.05, 3.63) is 0 Å². The van der Waals surface area contributed by atoms with Gasteiger partial charge >= 0.3 is 0 Å². The minimum Gasteiger partial charge on any atom is -0.317 e. The third-order valence-electron chi connectivity index (χ3n) is 1.93. The Labute approximate surface area is 67.6 Å². The van der Waals surface area contributed by atoms with Crippen LogP contribution >= 0.6 is 18.8 Å². The summed E-state index contributed by atoms with van der Waals surface area (Å²) in [5.41, 5.74) is 0. The summed E-state index contributed by atoms with van der Waals surface area (Å²) in [6, 6.07) is 0. The summed E-state index contributed by atoms with van der Waals surface area (Å²) >= 11 is 0. The largest absolute Gasteiger partial charge is 0.317 e. The SMILES string of the molecule is PN(P)CC1CCNCC1. The molecule has 0 bridgehead atoms. The Kier molecular flexibility index (Phi) is 4.10. The molecule has 1 fully saturated rings. The summed E-state index contributed by atoms with van der Waals surface area (Å²) in [6.07, 6.45) is 2.67. The number of hydrogen-bond donors (Lipinski definition) is 1. The summed E-state index contributed by atoms with van der Waals surface area (Å²) in [7, 11) is 5.36. The first kappa shape index (κ1) is 8.87. The van der Waals surface area contributed by atoms with Crippen molar-refractivity contribution in [2.24, 2.45) is 5.92 Å². The Morgan fingerprint density at radius 3 is 2.40 bits per heavy atom. The third kappa shape index (κ3) is 3.25. The molecule has 0 aromatic carbocycles. The van der Waals surface area contributed by atoms with Gasteiger partial charge in [-0.1, -0.05) is 18.8 Å². The predicted molar refractivity (Wildman–Crippen MR) is 51.7 cm³/mol. The summed E-state index contributed by atoms with van der Waals surface area (Å²) in [6.45, 7) is 3.60. The van der Waals surface area contributed by atoms with Crippen LogP contribution in [0.25, 0.3) is 0 Å². The van der Waals surface area contributed by atoms with Crippen LogP contribution in [0.2, 0.25) is 0 Å². The van der Waals surface area contributed by atoms with Crippen LogP contribution in [-0.4, -0.2) is 24.1 Å². The van der Waals surface area contributed by atoms with Gasteiger partial charge in [0.2, 0.25) is 0 Å². The fraction of sp³-hybridized carbons (Fsp3) is 1.00. The maximum absolute atomic E-state index is 3.36. The topological polar surface area (TPSA) is 15.3 Å². The van der Waals surface area contributed by atoms with E-state index in [-0.39, 0.29) is 0 Å². The highest BCUT2D eigenvalue weighted by molar-refractivity contribution is 7.30. The Bertz CT molecular complexity index is 91.7. The second-order valence-corrected chi connectivity index (χ2v) is 4.81. The van der Waals surface area contributed by atoms with Crippen LogP contribution in [0.1, 0.15) is 12.8 Å². The van der Waals surface area contributed by atoms with Gasteiger partial charge in [-0.2, -0.15) is 0 Å². The van der Waals surface area contributed by atoms with E-state index in [9.17, 15) is 0 Å². The summed E-state index contributed by atoms with van der Waals surface area (Å²) in [5.74, 6) is 0.899. The molecule has 0 aromatic heterocycles. The van der Waals surface area contributed by atoms with E-state index < -0.39 is 0 Å². The molecule has 2 nitrogen and oxygen atoms in total. The Hall–Kier alpha value is 0.780. The highest BCUT2D eigenvalue weighted by atomic mass is 31.1. The highest BCUT2D eigenvalue weighted by Crippen LogP contribution is 2.17. The van der Waals surface area contributed by atoms with Gasteiger partial charge in [-0.3, -0.25) is 4.44 Å². The Morgan fingerprint density at radius 1 is 1.30 bits per heavy atom. The lowest BCUT2D eigenvalue weighted by Gasteiger charge is -2.24. The number of nitrogens with zero attached hydrogens (tertiary/aromatic N) is 1. The molecule has 1 heterocycles. The van der Waals surface area contributed by atoms with Crippen LogP contribution in [-0.2, 0) is 0 Å². The molecule has 1 N–H and O–H groups in total. The van der Waals surface area contributed by atoms with Gasteiger partial charge in [0, 0.05) is 6.54 Å². The van der Waals surface area contributed by atoms with Gasteiger partial charge in [0.1, 0.15) is 0 Å². The Balaban J connectivity index is 2.13. The number of rotatable bonds is 2. The van der Waals surface area contributed by atoms with Gasteiger partial charge in [-0.15, -0.1) is 0 Å². The lowest BCUT2D eigenvalue weighted by molar-refractivity contribution is 0.351. The molecule has 60 valence electrons. The number of nitrogens with one attached hydrogen (secondary N) is 1. The van der Waals surface area contributed by atoms with Gasteiger partial charge in [-0.25, -0.2) is 0 Å². The van der Waals surface area contributed by atoms with Crippen LogP contribution in [0.5, 0.6) is 0 Å². The van der Waals surface area contributed by atoms with E-state index in [2.05, 4.69) is 28.5 Å². The standard InChI is InChI=1S/C6H16N2P2/c9-8(10)5-6-1-3-7-4-2-6/h6-7H,1-5,9-10H2. The van der Waals surface area contributed by atoms with Crippen molar-refractivity contribution in [1.82, 2.24) is 9.76 Å². The fourth-order valence-corrected chi connectivity index (χ4v) is 1.96. The quantitative estimate of drug-likeness (QED) is 0.631. The van der Waals surface area contributed by atoms with Crippen LogP contribution in [0, 0.1) is 5.92 Å². The molecule has 1 aliphatic rings. The first-order valence-corrected chi connectivity index (χ1v) is 4.80. The second-order valence-electron chi connectivity index (χ2n) is 2.89. The lowest BCUT2D eigenvalue weighted by Crippen LogP contribution is -2.30. The molecule has 1 saturated heterocycles. The van der Waals surface area contributed by atoms with Crippen molar-refractivity contribution in [3.8, 4) is 0 Å². The zero-order chi connectivity index (χ0) is 7.40. The molecule has 10 heavy (non-hydrogen) atoms. The molecule has 0 aromatic rings. The van der Waals surface area contributed by atoms with Gasteiger partial charge in [0.05, 0.1) is 0 Å². The van der Waals surface area contributed by atoms with E-state index in [4.69, 9.17) is 0 Å². The average Bonchev–Trinajstić information content (AvgIpc) is 1.88.